The third-order valence-corrected chi connectivity index (χ3v) is 6.26. The molecule has 3 aromatic rings. The van der Waals surface area contributed by atoms with E-state index in [1.165, 1.54) is 22.9 Å². The van der Waals surface area contributed by atoms with Crippen LogP contribution in [0.3, 0.4) is 0 Å². The maximum atomic E-state index is 12.3. The minimum atomic E-state index is -0.0450. The molecule has 6 nitrogen and oxygen atoms in total. The van der Waals surface area contributed by atoms with Crippen molar-refractivity contribution in [3.63, 3.8) is 0 Å². The number of thioether (sulfide) groups is 1. The summed E-state index contributed by atoms with van der Waals surface area (Å²) >= 11 is 1.40. The van der Waals surface area contributed by atoms with Gasteiger partial charge in [0.05, 0.1) is 12.9 Å². The molecule has 7 heteroatoms. The highest BCUT2D eigenvalue weighted by molar-refractivity contribution is 7.99. The summed E-state index contributed by atoms with van der Waals surface area (Å²) in [7, 11) is 3.65. The molecule has 0 radical (unpaired) electrons. The SMILES string of the molecule is COc1ccc(CCCc2nnc(SCC(=O)Nc3ccc(C)cc3C)n2C)cc1C. The lowest BCUT2D eigenvalue weighted by molar-refractivity contribution is -0.113. The highest BCUT2D eigenvalue weighted by atomic mass is 32.2. The zero-order valence-corrected chi connectivity index (χ0v) is 19.7. The Hall–Kier alpha value is -2.80. The van der Waals surface area contributed by atoms with Gasteiger partial charge < -0.3 is 14.6 Å². The van der Waals surface area contributed by atoms with E-state index < -0.39 is 0 Å². The van der Waals surface area contributed by atoms with E-state index in [1.807, 2.05) is 43.7 Å². The monoisotopic (exact) mass is 438 g/mol. The number of amides is 1. The molecule has 1 N–H and O–H groups in total. The van der Waals surface area contributed by atoms with Crippen LogP contribution in [-0.2, 0) is 24.7 Å². The van der Waals surface area contributed by atoms with Crippen LogP contribution >= 0.6 is 11.8 Å². The normalized spacial score (nSPS) is 10.9. The van der Waals surface area contributed by atoms with Gasteiger partial charge in [-0.25, -0.2) is 0 Å². The van der Waals surface area contributed by atoms with Crippen LogP contribution in [0, 0.1) is 20.8 Å². The number of aromatic nitrogens is 3. The summed E-state index contributed by atoms with van der Waals surface area (Å²) < 4.78 is 7.30. The Kier molecular flexibility index (Phi) is 7.74. The number of nitrogens with one attached hydrogen (secondary N) is 1. The summed E-state index contributed by atoms with van der Waals surface area (Å²) in [5.74, 6) is 2.10. The molecule has 3 rings (SSSR count). The highest BCUT2D eigenvalue weighted by Gasteiger charge is 2.12. The third-order valence-electron chi connectivity index (χ3n) is 5.24. The summed E-state index contributed by atoms with van der Waals surface area (Å²) in [4.78, 5) is 12.3. The Balaban J connectivity index is 1.49. The molecule has 0 aliphatic carbocycles. The number of carbonyl (C=O) groups excluding carboxylic acids is 1. The van der Waals surface area contributed by atoms with Gasteiger partial charge in [0.1, 0.15) is 11.6 Å². The molecule has 2 aromatic carbocycles. The fourth-order valence-electron chi connectivity index (χ4n) is 3.51. The van der Waals surface area contributed by atoms with Crippen molar-refractivity contribution in [3.05, 3.63) is 64.5 Å². The molecule has 31 heavy (non-hydrogen) atoms. The average Bonchev–Trinajstić information content (AvgIpc) is 3.08. The third kappa shape index (κ3) is 6.10. The first kappa shape index (κ1) is 22.9. The molecule has 0 saturated heterocycles. The van der Waals surface area contributed by atoms with E-state index in [-0.39, 0.29) is 5.91 Å². The zero-order valence-electron chi connectivity index (χ0n) is 18.9. The minimum Gasteiger partial charge on any atom is -0.496 e. The Bertz CT molecular complexity index is 1060. The van der Waals surface area contributed by atoms with Crippen LogP contribution < -0.4 is 10.1 Å². The smallest absolute Gasteiger partial charge is 0.234 e. The van der Waals surface area contributed by atoms with Crippen LogP contribution in [0.4, 0.5) is 5.69 Å². The van der Waals surface area contributed by atoms with E-state index in [2.05, 4.69) is 40.6 Å². The molecule has 164 valence electrons. The number of benzene rings is 2. The number of rotatable bonds is 9. The lowest BCUT2D eigenvalue weighted by Gasteiger charge is -2.09. The van der Waals surface area contributed by atoms with Gasteiger partial charge in [-0.1, -0.05) is 41.6 Å². The van der Waals surface area contributed by atoms with Crippen molar-refractivity contribution in [1.29, 1.82) is 0 Å². The van der Waals surface area contributed by atoms with E-state index in [9.17, 15) is 4.79 Å². The number of nitrogens with zero attached hydrogens (tertiary/aromatic N) is 3. The summed E-state index contributed by atoms with van der Waals surface area (Å²) in [5, 5.41) is 12.3. The zero-order chi connectivity index (χ0) is 22.4. The van der Waals surface area contributed by atoms with Gasteiger partial charge in [0.15, 0.2) is 5.16 Å². The number of hydrogen-bond donors (Lipinski definition) is 1. The number of aryl methyl sites for hydroxylation is 5. The van der Waals surface area contributed by atoms with Gasteiger partial charge in [-0.15, -0.1) is 10.2 Å². The predicted octanol–water partition coefficient (Wildman–Crippen LogP) is 4.66. The van der Waals surface area contributed by atoms with Gasteiger partial charge in [-0.2, -0.15) is 0 Å². The summed E-state index contributed by atoms with van der Waals surface area (Å²) in [6.07, 6.45) is 2.79. The van der Waals surface area contributed by atoms with Crippen molar-refractivity contribution in [2.75, 3.05) is 18.2 Å². The maximum absolute atomic E-state index is 12.3. The van der Waals surface area contributed by atoms with Gasteiger partial charge in [0.2, 0.25) is 5.91 Å². The lowest BCUT2D eigenvalue weighted by Crippen LogP contribution is -2.15. The highest BCUT2D eigenvalue weighted by Crippen LogP contribution is 2.21. The maximum Gasteiger partial charge on any atom is 0.234 e. The van der Waals surface area contributed by atoms with E-state index in [4.69, 9.17) is 4.74 Å². The first-order chi connectivity index (χ1) is 14.9. The summed E-state index contributed by atoms with van der Waals surface area (Å²) in [6, 6.07) is 12.3. The predicted molar refractivity (Wildman–Crippen MR) is 126 cm³/mol. The number of anilines is 1. The largest absolute Gasteiger partial charge is 0.496 e. The van der Waals surface area contributed by atoms with E-state index in [0.717, 1.165) is 52.8 Å². The quantitative estimate of drug-likeness (QED) is 0.492. The molecule has 1 heterocycles. The molecular formula is C24H30N4O2S. The van der Waals surface area contributed by atoms with Crippen molar-refractivity contribution >= 4 is 23.4 Å². The van der Waals surface area contributed by atoms with Gasteiger partial charge in [0, 0.05) is 19.2 Å². The number of hydrogen-bond acceptors (Lipinski definition) is 5. The number of ether oxygens (including phenoxy) is 1. The summed E-state index contributed by atoms with van der Waals surface area (Å²) in [6.45, 7) is 6.10. The average molecular weight is 439 g/mol. The molecule has 0 bridgehead atoms. The van der Waals surface area contributed by atoms with Crippen molar-refractivity contribution in [1.82, 2.24) is 14.8 Å². The lowest BCUT2D eigenvalue weighted by atomic mass is 10.0. The molecule has 0 aliphatic heterocycles. The number of carbonyl (C=O) groups is 1. The Morgan fingerprint density at radius 3 is 2.58 bits per heavy atom. The fraction of sp³-hybridized carbons (Fsp3) is 0.375. The van der Waals surface area contributed by atoms with Crippen LogP contribution in [0.2, 0.25) is 0 Å². The molecule has 0 saturated carbocycles. The number of methoxy groups -OCH3 is 1. The second kappa shape index (κ2) is 10.5. The fourth-order valence-corrected chi connectivity index (χ4v) is 4.24. The second-order valence-electron chi connectivity index (χ2n) is 7.77. The van der Waals surface area contributed by atoms with Crippen LogP contribution in [0.25, 0.3) is 0 Å². The van der Waals surface area contributed by atoms with Crippen LogP contribution in [-0.4, -0.2) is 33.5 Å². The molecule has 1 aromatic heterocycles. The van der Waals surface area contributed by atoms with Crippen molar-refractivity contribution < 1.29 is 9.53 Å². The second-order valence-corrected chi connectivity index (χ2v) is 8.71. The molecule has 0 atom stereocenters. The van der Waals surface area contributed by atoms with Gasteiger partial charge >= 0.3 is 0 Å². The molecule has 1 amide bonds. The minimum absolute atomic E-state index is 0.0450. The topological polar surface area (TPSA) is 69.0 Å². The summed E-state index contributed by atoms with van der Waals surface area (Å²) in [5.41, 5.74) is 5.53. The van der Waals surface area contributed by atoms with Crippen molar-refractivity contribution in [2.24, 2.45) is 7.05 Å². The molecule has 0 aliphatic rings. The van der Waals surface area contributed by atoms with E-state index in [0.29, 0.717) is 5.75 Å². The van der Waals surface area contributed by atoms with Crippen LogP contribution in [0.1, 0.15) is 34.5 Å². The molecule has 0 fully saturated rings. The molecule has 0 unspecified atom stereocenters. The van der Waals surface area contributed by atoms with Crippen molar-refractivity contribution in [3.8, 4) is 5.75 Å². The van der Waals surface area contributed by atoms with Crippen LogP contribution in [0.15, 0.2) is 41.6 Å². The molecular weight excluding hydrogens is 408 g/mol. The van der Waals surface area contributed by atoms with Crippen LogP contribution in [0.5, 0.6) is 5.75 Å². The standard InChI is InChI=1S/C24H30N4O2S/c1-16-9-11-20(17(2)13-16)25-23(29)15-31-24-27-26-22(28(24)4)8-6-7-19-10-12-21(30-5)18(3)14-19/h9-14H,6-8,15H2,1-5H3,(H,25,29). The van der Waals surface area contributed by atoms with Gasteiger partial charge in [0.25, 0.3) is 0 Å². The first-order valence-corrected chi connectivity index (χ1v) is 11.4. The Morgan fingerprint density at radius 2 is 1.87 bits per heavy atom. The first-order valence-electron chi connectivity index (χ1n) is 10.4. The molecule has 0 spiro atoms. The van der Waals surface area contributed by atoms with E-state index >= 15 is 0 Å². The van der Waals surface area contributed by atoms with Gasteiger partial charge in [-0.3, -0.25) is 4.79 Å². The van der Waals surface area contributed by atoms with Gasteiger partial charge in [-0.05, 0) is 62.4 Å². The van der Waals surface area contributed by atoms with E-state index in [1.54, 1.807) is 7.11 Å². The Labute approximate surface area is 188 Å². The Morgan fingerprint density at radius 1 is 1.06 bits per heavy atom. The van der Waals surface area contributed by atoms with Crippen molar-refractivity contribution in [2.45, 2.75) is 45.2 Å².